The number of rotatable bonds is 2. The molecule has 6 nitrogen and oxygen atoms in total. The third-order valence-electron chi connectivity index (χ3n) is 4.29. The van der Waals surface area contributed by atoms with Gasteiger partial charge in [-0.3, -0.25) is 4.79 Å². The van der Waals surface area contributed by atoms with Crippen molar-refractivity contribution < 1.29 is 14.3 Å². The number of para-hydroxylation sites is 1. The number of benzene rings is 1. The van der Waals surface area contributed by atoms with E-state index in [2.05, 4.69) is 10.3 Å². The number of anilines is 1. The average molecular weight is 375 g/mol. The Hall–Kier alpha value is -2.15. The van der Waals surface area contributed by atoms with E-state index in [1.165, 1.54) is 11.3 Å². The normalized spacial score (nSPS) is 18.0. The molecule has 2 amide bonds. The Kier molecular flexibility index (Phi) is 5.18. The second-order valence-corrected chi connectivity index (χ2v) is 8.73. The van der Waals surface area contributed by atoms with Crippen LogP contribution in [0.4, 0.5) is 9.93 Å². The van der Waals surface area contributed by atoms with Crippen LogP contribution in [-0.2, 0) is 9.53 Å². The maximum atomic E-state index is 12.7. The van der Waals surface area contributed by atoms with E-state index in [0.29, 0.717) is 18.2 Å². The number of amides is 2. The quantitative estimate of drug-likeness (QED) is 0.854. The zero-order chi connectivity index (χ0) is 18.9. The molecule has 1 N–H and O–H groups in total. The number of hydrogen-bond acceptors (Lipinski definition) is 5. The number of likely N-dealkylation sites (tertiary alicyclic amines) is 1. The van der Waals surface area contributed by atoms with Crippen molar-refractivity contribution in [3.05, 3.63) is 23.8 Å². The molecule has 1 aromatic heterocycles. The van der Waals surface area contributed by atoms with E-state index in [-0.39, 0.29) is 17.9 Å². The lowest BCUT2D eigenvalue weighted by Crippen LogP contribution is -2.45. The number of hydrogen-bond donors (Lipinski definition) is 1. The molecule has 1 fully saturated rings. The molecule has 26 heavy (non-hydrogen) atoms. The van der Waals surface area contributed by atoms with Crippen LogP contribution < -0.4 is 5.32 Å². The number of aromatic nitrogens is 1. The number of aryl methyl sites for hydroxylation is 1. The number of nitrogens with zero attached hydrogens (tertiary/aromatic N) is 2. The Morgan fingerprint density at radius 2 is 2.12 bits per heavy atom. The number of piperidine rings is 1. The van der Waals surface area contributed by atoms with Gasteiger partial charge in [0.1, 0.15) is 5.60 Å². The van der Waals surface area contributed by atoms with Crippen LogP contribution in [-0.4, -0.2) is 40.6 Å². The molecule has 0 aliphatic carbocycles. The zero-order valence-corrected chi connectivity index (χ0v) is 16.5. The van der Waals surface area contributed by atoms with Gasteiger partial charge >= 0.3 is 6.09 Å². The van der Waals surface area contributed by atoms with Crippen molar-refractivity contribution in [2.24, 2.45) is 5.92 Å². The standard InChI is InChI=1S/C19H25N3O3S/c1-12-7-5-9-14-15(12)20-17(26-14)21-16(23)13-8-6-10-22(11-13)18(24)25-19(2,3)4/h5,7,9,13H,6,8,10-11H2,1-4H3,(H,20,21,23). The van der Waals surface area contributed by atoms with Crippen molar-refractivity contribution in [2.45, 2.75) is 46.1 Å². The molecule has 0 bridgehead atoms. The van der Waals surface area contributed by atoms with E-state index in [1.54, 1.807) is 4.90 Å². The first-order chi connectivity index (χ1) is 12.2. The zero-order valence-electron chi connectivity index (χ0n) is 15.7. The maximum Gasteiger partial charge on any atom is 0.410 e. The lowest BCUT2D eigenvalue weighted by atomic mass is 9.97. The second kappa shape index (κ2) is 7.23. The summed E-state index contributed by atoms with van der Waals surface area (Å²) in [5.41, 5.74) is 1.48. The highest BCUT2D eigenvalue weighted by molar-refractivity contribution is 7.22. The summed E-state index contributed by atoms with van der Waals surface area (Å²) in [5.74, 6) is -0.334. The van der Waals surface area contributed by atoms with Gasteiger partial charge in [-0.25, -0.2) is 9.78 Å². The van der Waals surface area contributed by atoms with Gasteiger partial charge < -0.3 is 15.0 Å². The predicted octanol–water partition coefficient (Wildman–Crippen LogP) is 4.19. The molecule has 7 heteroatoms. The van der Waals surface area contributed by atoms with Gasteiger partial charge in [0.15, 0.2) is 5.13 Å². The van der Waals surface area contributed by atoms with Gasteiger partial charge in [0.2, 0.25) is 5.91 Å². The highest BCUT2D eigenvalue weighted by Crippen LogP contribution is 2.29. The van der Waals surface area contributed by atoms with Gasteiger partial charge in [-0.05, 0) is 52.2 Å². The van der Waals surface area contributed by atoms with Crippen molar-refractivity contribution in [1.29, 1.82) is 0 Å². The number of nitrogens with one attached hydrogen (secondary N) is 1. The minimum atomic E-state index is -0.537. The Morgan fingerprint density at radius 3 is 2.81 bits per heavy atom. The van der Waals surface area contributed by atoms with Crippen LogP contribution in [0.25, 0.3) is 10.2 Å². The van der Waals surface area contributed by atoms with E-state index in [9.17, 15) is 9.59 Å². The molecular formula is C19H25N3O3S. The van der Waals surface area contributed by atoms with Gasteiger partial charge in [0.05, 0.1) is 16.1 Å². The molecule has 140 valence electrons. The third-order valence-corrected chi connectivity index (χ3v) is 5.23. The van der Waals surface area contributed by atoms with E-state index in [4.69, 9.17) is 4.74 Å². The minimum Gasteiger partial charge on any atom is -0.444 e. The molecule has 2 heterocycles. The molecule has 3 rings (SSSR count). The first kappa shape index (κ1) is 18.6. The van der Waals surface area contributed by atoms with Crippen LogP contribution in [0, 0.1) is 12.8 Å². The summed E-state index contributed by atoms with van der Waals surface area (Å²) in [5, 5.41) is 3.53. The molecule has 1 unspecified atom stereocenters. The van der Waals surface area contributed by atoms with Crippen molar-refractivity contribution >= 4 is 38.7 Å². The first-order valence-corrected chi connectivity index (χ1v) is 9.69. The second-order valence-electron chi connectivity index (χ2n) is 7.70. The molecule has 1 saturated heterocycles. The van der Waals surface area contributed by atoms with E-state index in [1.807, 2.05) is 45.9 Å². The van der Waals surface area contributed by atoms with Crippen molar-refractivity contribution in [3.8, 4) is 0 Å². The summed E-state index contributed by atoms with van der Waals surface area (Å²) in [7, 11) is 0. The number of ether oxygens (including phenoxy) is 1. The minimum absolute atomic E-state index is 0.0880. The Morgan fingerprint density at radius 1 is 1.35 bits per heavy atom. The Balaban J connectivity index is 1.65. The lowest BCUT2D eigenvalue weighted by Gasteiger charge is -2.33. The fraction of sp³-hybridized carbons (Fsp3) is 0.526. The molecule has 1 aliphatic rings. The van der Waals surface area contributed by atoms with Gasteiger partial charge in [-0.2, -0.15) is 0 Å². The fourth-order valence-electron chi connectivity index (χ4n) is 3.03. The molecule has 0 radical (unpaired) electrons. The summed E-state index contributed by atoms with van der Waals surface area (Å²) >= 11 is 1.47. The van der Waals surface area contributed by atoms with Gasteiger partial charge in [0, 0.05) is 13.1 Å². The molecule has 0 spiro atoms. The van der Waals surface area contributed by atoms with Gasteiger partial charge in [0.25, 0.3) is 0 Å². The lowest BCUT2D eigenvalue weighted by molar-refractivity contribution is -0.121. The van der Waals surface area contributed by atoms with Crippen LogP contribution in [0.15, 0.2) is 18.2 Å². The van der Waals surface area contributed by atoms with Crippen molar-refractivity contribution in [3.63, 3.8) is 0 Å². The first-order valence-electron chi connectivity index (χ1n) is 8.88. The molecule has 1 aromatic carbocycles. The van der Waals surface area contributed by atoms with Crippen LogP contribution in [0.1, 0.15) is 39.2 Å². The number of fused-ring (bicyclic) bond motifs is 1. The van der Waals surface area contributed by atoms with Crippen LogP contribution in [0.5, 0.6) is 0 Å². The number of carbonyl (C=O) groups is 2. The number of thiazole rings is 1. The van der Waals surface area contributed by atoms with Gasteiger partial charge in [-0.15, -0.1) is 0 Å². The topological polar surface area (TPSA) is 71.5 Å². The molecule has 2 aromatic rings. The predicted molar refractivity (Wildman–Crippen MR) is 104 cm³/mol. The summed E-state index contributed by atoms with van der Waals surface area (Å²) in [6, 6.07) is 6.00. The van der Waals surface area contributed by atoms with E-state index >= 15 is 0 Å². The van der Waals surface area contributed by atoms with Gasteiger partial charge in [-0.1, -0.05) is 23.5 Å². The summed E-state index contributed by atoms with van der Waals surface area (Å²) in [6.45, 7) is 8.54. The SMILES string of the molecule is Cc1cccc2sc(NC(=O)C3CCCN(C(=O)OC(C)(C)C)C3)nc12. The van der Waals surface area contributed by atoms with Crippen molar-refractivity contribution in [2.75, 3.05) is 18.4 Å². The molecule has 1 atom stereocenters. The van der Waals surface area contributed by atoms with E-state index in [0.717, 1.165) is 28.6 Å². The monoisotopic (exact) mass is 375 g/mol. The highest BCUT2D eigenvalue weighted by atomic mass is 32.1. The fourth-order valence-corrected chi connectivity index (χ4v) is 3.98. The number of carbonyl (C=O) groups excluding carboxylic acids is 2. The highest BCUT2D eigenvalue weighted by Gasteiger charge is 2.31. The van der Waals surface area contributed by atoms with Crippen molar-refractivity contribution in [1.82, 2.24) is 9.88 Å². The molecule has 1 aliphatic heterocycles. The summed E-state index contributed by atoms with van der Waals surface area (Å²) in [4.78, 5) is 31.1. The largest absolute Gasteiger partial charge is 0.444 e. The van der Waals surface area contributed by atoms with E-state index < -0.39 is 5.60 Å². The molecular weight excluding hydrogens is 350 g/mol. The van der Waals surface area contributed by atoms with Crippen LogP contribution >= 0.6 is 11.3 Å². The Labute approximate surface area is 157 Å². The molecule has 0 saturated carbocycles. The smallest absolute Gasteiger partial charge is 0.410 e. The Bertz CT molecular complexity index is 825. The summed E-state index contributed by atoms with van der Waals surface area (Å²) < 4.78 is 6.48. The summed E-state index contributed by atoms with van der Waals surface area (Å²) in [6.07, 6.45) is 1.19. The third kappa shape index (κ3) is 4.33. The van der Waals surface area contributed by atoms with Crippen LogP contribution in [0.2, 0.25) is 0 Å². The van der Waals surface area contributed by atoms with Crippen LogP contribution in [0.3, 0.4) is 0 Å². The maximum absolute atomic E-state index is 12.7. The average Bonchev–Trinajstić information content (AvgIpc) is 2.97.